The van der Waals surface area contributed by atoms with Crippen LogP contribution >= 0.6 is 15.9 Å². The lowest BCUT2D eigenvalue weighted by Gasteiger charge is -2.26. The van der Waals surface area contributed by atoms with Crippen LogP contribution in [0, 0.1) is 0 Å². The Bertz CT molecular complexity index is 3250. The van der Waals surface area contributed by atoms with Crippen LogP contribution in [0.2, 0.25) is 0 Å². The van der Waals surface area contributed by atoms with Crippen molar-refractivity contribution in [3.05, 3.63) is 223 Å². The second-order valence-electron chi connectivity index (χ2n) is 14.7. The van der Waals surface area contributed by atoms with Gasteiger partial charge >= 0.3 is 0 Å². The van der Waals surface area contributed by atoms with Gasteiger partial charge < -0.3 is 14.0 Å². The number of anilines is 3. The first-order valence-corrected chi connectivity index (χ1v) is 20.4. The zero-order chi connectivity index (χ0) is 38.6. The molecule has 58 heavy (non-hydrogen) atoms. The van der Waals surface area contributed by atoms with Crippen molar-refractivity contribution >= 4 is 76.6 Å². The van der Waals surface area contributed by atoms with Crippen molar-refractivity contribution < 1.29 is 0 Å². The highest BCUT2D eigenvalue weighted by Gasteiger charge is 2.17. The van der Waals surface area contributed by atoms with Crippen LogP contribution in [0.4, 0.5) is 17.1 Å². The molecule has 0 fully saturated rings. The first kappa shape index (κ1) is 34.1. The number of benzene rings is 9. The van der Waals surface area contributed by atoms with Gasteiger partial charge in [-0.2, -0.15) is 0 Å². The van der Waals surface area contributed by atoms with Crippen LogP contribution in [0.3, 0.4) is 0 Å². The average Bonchev–Trinajstić information content (AvgIpc) is 3.80. The predicted molar refractivity (Wildman–Crippen MR) is 248 cm³/mol. The lowest BCUT2D eigenvalue weighted by Crippen LogP contribution is -2.09. The maximum atomic E-state index is 3.65. The highest BCUT2D eigenvalue weighted by atomic mass is 79.9. The number of hydrogen-bond acceptors (Lipinski definition) is 1. The van der Waals surface area contributed by atoms with E-state index in [1.165, 1.54) is 71.6 Å². The van der Waals surface area contributed by atoms with Crippen molar-refractivity contribution in [1.82, 2.24) is 9.13 Å². The van der Waals surface area contributed by atoms with Gasteiger partial charge in [-0.05, 0) is 125 Å². The van der Waals surface area contributed by atoms with Crippen molar-refractivity contribution in [3.8, 4) is 33.6 Å². The van der Waals surface area contributed by atoms with Gasteiger partial charge in [0.1, 0.15) is 0 Å². The number of nitrogens with zero attached hydrogens (tertiary/aromatic N) is 3. The summed E-state index contributed by atoms with van der Waals surface area (Å²) in [4.78, 5) is 2.33. The quantitative estimate of drug-likeness (QED) is 0.156. The normalized spacial score (nSPS) is 11.5. The number of para-hydroxylation sites is 4. The van der Waals surface area contributed by atoms with E-state index in [4.69, 9.17) is 0 Å². The van der Waals surface area contributed by atoms with Crippen molar-refractivity contribution in [2.75, 3.05) is 4.90 Å². The van der Waals surface area contributed by atoms with Gasteiger partial charge in [-0.1, -0.05) is 131 Å². The third-order valence-electron chi connectivity index (χ3n) is 11.4. The lowest BCUT2D eigenvalue weighted by molar-refractivity contribution is 1.18. The molecule has 4 heteroatoms. The third-order valence-corrected chi connectivity index (χ3v) is 11.9. The molecule has 0 amide bonds. The molecule has 274 valence electrons. The maximum Gasteiger partial charge on any atom is 0.0547 e. The number of aromatic nitrogens is 2. The van der Waals surface area contributed by atoms with Gasteiger partial charge in [-0.25, -0.2) is 0 Å². The zero-order valence-corrected chi connectivity index (χ0v) is 33.1. The van der Waals surface area contributed by atoms with E-state index in [9.17, 15) is 0 Å². The van der Waals surface area contributed by atoms with E-state index in [1.807, 2.05) is 0 Å². The number of fused-ring (bicyclic) bond motifs is 6. The van der Waals surface area contributed by atoms with Crippen LogP contribution in [0.5, 0.6) is 0 Å². The summed E-state index contributed by atoms with van der Waals surface area (Å²) in [6.45, 7) is 0. The van der Waals surface area contributed by atoms with Gasteiger partial charge in [0, 0.05) is 54.5 Å². The van der Waals surface area contributed by atoms with Gasteiger partial charge in [0.2, 0.25) is 0 Å². The molecule has 0 aliphatic carbocycles. The van der Waals surface area contributed by atoms with E-state index in [1.54, 1.807) is 0 Å². The van der Waals surface area contributed by atoms with Crippen LogP contribution in [0.25, 0.3) is 77.2 Å². The van der Waals surface area contributed by atoms with Crippen LogP contribution in [-0.4, -0.2) is 9.13 Å². The molecule has 0 N–H and O–H groups in total. The molecule has 0 saturated carbocycles. The molecule has 11 aromatic rings. The van der Waals surface area contributed by atoms with E-state index in [0.717, 1.165) is 27.2 Å². The van der Waals surface area contributed by atoms with Gasteiger partial charge in [0.05, 0.1) is 22.1 Å². The molecule has 11 rings (SSSR count). The van der Waals surface area contributed by atoms with Crippen molar-refractivity contribution in [1.29, 1.82) is 0 Å². The Balaban J connectivity index is 0.959. The molecule has 3 nitrogen and oxygen atoms in total. The van der Waals surface area contributed by atoms with Crippen LogP contribution in [0.15, 0.2) is 223 Å². The highest BCUT2D eigenvalue weighted by Crippen LogP contribution is 2.40. The van der Waals surface area contributed by atoms with E-state index < -0.39 is 0 Å². The standard InChI is InChI=1S/C54H36BrN3/c55-41-25-31-46(32-26-41)56(44-27-19-37(20-28-44)39-24-34-53-50(35-39)48-16-8-10-18-52(48)57(53)42-11-3-1-4-12-42)45-29-21-38(22-30-45)40-23-33-49-47-15-7-9-17-51(47)58(54(49)36-40)43-13-5-2-6-14-43/h1-36H. The topological polar surface area (TPSA) is 13.1 Å². The summed E-state index contributed by atoms with van der Waals surface area (Å²) >= 11 is 3.65. The van der Waals surface area contributed by atoms with E-state index >= 15 is 0 Å². The van der Waals surface area contributed by atoms with Crippen LogP contribution in [0.1, 0.15) is 0 Å². The highest BCUT2D eigenvalue weighted by molar-refractivity contribution is 9.10. The predicted octanol–water partition coefficient (Wildman–Crippen LogP) is 15.4. The van der Waals surface area contributed by atoms with Gasteiger partial charge in [-0.3, -0.25) is 0 Å². The molecule has 2 aromatic heterocycles. The molecule has 0 aliphatic rings. The van der Waals surface area contributed by atoms with Crippen LogP contribution in [-0.2, 0) is 0 Å². The fourth-order valence-electron chi connectivity index (χ4n) is 8.66. The summed E-state index contributed by atoms with van der Waals surface area (Å²) in [6, 6.07) is 78.8. The minimum atomic E-state index is 1.05. The second-order valence-corrected chi connectivity index (χ2v) is 15.7. The Labute approximate surface area is 345 Å². The summed E-state index contributed by atoms with van der Waals surface area (Å²) in [5, 5.41) is 5.01. The Morgan fingerprint density at radius 2 is 0.690 bits per heavy atom. The van der Waals surface area contributed by atoms with Gasteiger partial charge in [0.15, 0.2) is 0 Å². The molecule has 2 heterocycles. The molecule has 0 radical (unpaired) electrons. The third kappa shape index (κ3) is 5.80. The first-order chi connectivity index (χ1) is 28.7. The molecule has 0 saturated heterocycles. The van der Waals surface area contributed by atoms with Crippen molar-refractivity contribution in [2.24, 2.45) is 0 Å². The fraction of sp³-hybridized carbons (Fsp3) is 0. The zero-order valence-electron chi connectivity index (χ0n) is 31.5. The molecule has 0 atom stereocenters. The van der Waals surface area contributed by atoms with E-state index in [-0.39, 0.29) is 0 Å². The summed E-state index contributed by atoms with van der Waals surface area (Å²) in [7, 11) is 0. The summed E-state index contributed by atoms with van der Waals surface area (Å²) < 4.78 is 5.79. The second kappa shape index (κ2) is 14.1. The smallest absolute Gasteiger partial charge is 0.0547 e. The Morgan fingerprint density at radius 1 is 0.293 bits per heavy atom. The SMILES string of the molecule is Brc1ccc(N(c2ccc(-c3ccc4c(c3)c3ccccc3n4-c3ccccc3)cc2)c2ccc(-c3ccc4c5ccccc5n(-c5ccccc5)c4c3)cc2)cc1. The van der Waals surface area contributed by atoms with Crippen molar-refractivity contribution in [3.63, 3.8) is 0 Å². The monoisotopic (exact) mass is 805 g/mol. The molecule has 0 unspecified atom stereocenters. The number of halogens is 1. The van der Waals surface area contributed by atoms with Crippen LogP contribution < -0.4 is 4.90 Å². The Kier molecular flexibility index (Phi) is 8.30. The largest absolute Gasteiger partial charge is 0.311 e. The molecule has 0 aliphatic heterocycles. The van der Waals surface area contributed by atoms with E-state index in [0.29, 0.717) is 0 Å². The number of hydrogen-bond donors (Lipinski definition) is 0. The Morgan fingerprint density at radius 3 is 1.26 bits per heavy atom. The minimum absolute atomic E-state index is 1.05. The van der Waals surface area contributed by atoms with E-state index in [2.05, 4.69) is 248 Å². The summed E-state index contributed by atoms with van der Waals surface area (Å²) in [5.41, 5.74) is 15.2. The molecular formula is C54H36BrN3. The molecule has 0 bridgehead atoms. The summed E-state index contributed by atoms with van der Waals surface area (Å²) in [5.74, 6) is 0. The fourth-order valence-corrected chi connectivity index (χ4v) is 8.92. The lowest BCUT2D eigenvalue weighted by atomic mass is 10.0. The first-order valence-electron chi connectivity index (χ1n) is 19.6. The minimum Gasteiger partial charge on any atom is -0.311 e. The average molecular weight is 807 g/mol. The molecule has 0 spiro atoms. The Hall–Kier alpha value is -7.14. The number of rotatable bonds is 7. The molecule has 9 aromatic carbocycles. The maximum absolute atomic E-state index is 3.65. The van der Waals surface area contributed by atoms with Gasteiger partial charge in [-0.15, -0.1) is 0 Å². The van der Waals surface area contributed by atoms with Gasteiger partial charge in [0.25, 0.3) is 0 Å². The van der Waals surface area contributed by atoms with Crippen molar-refractivity contribution in [2.45, 2.75) is 0 Å². The molecular weight excluding hydrogens is 771 g/mol. The summed E-state index contributed by atoms with van der Waals surface area (Å²) in [6.07, 6.45) is 0.